The van der Waals surface area contributed by atoms with Crippen LogP contribution in [-0.4, -0.2) is 5.78 Å². The van der Waals surface area contributed by atoms with Crippen molar-refractivity contribution >= 4 is 5.78 Å². The van der Waals surface area contributed by atoms with Crippen LogP contribution in [0.4, 0.5) is 0 Å². The van der Waals surface area contributed by atoms with Crippen molar-refractivity contribution in [2.45, 2.75) is 107 Å². The van der Waals surface area contributed by atoms with E-state index in [9.17, 15) is 4.79 Å². The molecule has 4 aliphatic carbocycles. The molecule has 172 valence electrons. The van der Waals surface area contributed by atoms with Crippen LogP contribution < -0.4 is 0 Å². The molecule has 0 aromatic carbocycles. The minimum absolute atomic E-state index is 0.374. The average molecular weight is 415 g/mol. The number of hydrogen-bond acceptors (Lipinski definition) is 1. The van der Waals surface area contributed by atoms with E-state index in [0.717, 1.165) is 66.1 Å². The molecule has 1 heteroatoms. The van der Waals surface area contributed by atoms with Crippen LogP contribution in [0.5, 0.6) is 0 Å². The molecule has 0 N–H and O–H groups in total. The van der Waals surface area contributed by atoms with Crippen molar-refractivity contribution in [2.24, 2.45) is 70.0 Å². The number of carbonyl (C=O) groups excluding carboxylic acids is 1. The number of ketones is 1. The van der Waals surface area contributed by atoms with Crippen molar-refractivity contribution in [3.63, 3.8) is 0 Å². The molecular weight excluding hydrogens is 364 g/mol. The number of fused-ring (bicyclic) bond motifs is 5. The maximum Gasteiger partial charge on any atom is 0.129 e. The molecule has 4 aliphatic rings. The molecule has 0 spiro atoms. The summed E-state index contributed by atoms with van der Waals surface area (Å²) in [4.78, 5) is 11.6. The van der Waals surface area contributed by atoms with Crippen LogP contribution in [0.3, 0.4) is 0 Å². The van der Waals surface area contributed by atoms with Crippen LogP contribution in [0.15, 0.2) is 0 Å². The monoisotopic (exact) mass is 414 g/mol. The van der Waals surface area contributed by atoms with Gasteiger partial charge in [0.2, 0.25) is 0 Å². The summed E-state index contributed by atoms with van der Waals surface area (Å²) in [6.45, 7) is 20.0. The standard InChI is InChI=1S/C29H50O/c1-17-13-14-28(7)25(15-17)21(5)22(6)27-24-12-11-23(18(2)9-10-20(4)30)29(24,8)19(3)16-26(27)28/h17-19,21-27H,9-16H2,1-8H3. The molecule has 0 saturated heterocycles. The van der Waals surface area contributed by atoms with Crippen LogP contribution >= 0.6 is 0 Å². The largest absolute Gasteiger partial charge is 0.300 e. The summed E-state index contributed by atoms with van der Waals surface area (Å²) >= 11 is 0. The fraction of sp³-hybridized carbons (Fsp3) is 0.966. The first-order valence-electron chi connectivity index (χ1n) is 13.5. The summed E-state index contributed by atoms with van der Waals surface area (Å²) in [5, 5.41) is 0. The molecule has 0 radical (unpaired) electrons. The van der Waals surface area contributed by atoms with Crippen molar-refractivity contribution < 1.29 is 4.79 Å². The minimum atomic E-state index is 0.374. The summed E-state index contributed by atoms with van der Waals surface area (Å²) in [5.74, 6) is 9.13. The summed E-state index contributed by atoms with van der Waals surface area (Å²) in [6.07, 6.45) is 10.6. The van der Waals surface area contributed by atoms with Gasteiger partial charge >= 0.3 is 0 Å². The molecule has 1 nitrogen and oxygen atoms in total. The molecular formula is C29H50O. The lowest BCUT2D eigenvalue weighted by atomic mass is 9.38. The Kier molecular flexibility index (Phi) is 6.03. The topological polar surface area (TPSA) is 17.1 Å². The summed E-state index contributed by atoms with van der Waals surface area (Å²) in [7, 11) is 0. The molecule has 4 saturated carbocycles. The van der Waals surface area contributed by atoms with E-state index in [1.165, 1.54) is 38.5 Å². The molecule has 0 aromatic rings. The Morgan fingerprint density at radius 1 is 0.933 bits per heavy atom. The van der Waals surface area contributed by atoms with E-state index >= 15 is 0 Å². The molecule has 4 fully saturated rings. The van der Waals surface area contributed by atoms with Gasteiger partial charge in [0, 0.05) is 6.42 Å². The zero-order valence-corrected chi connectivity index (χ0v) is 21.3. The SMILES string of the molecule is CC(=O)CCC(C)C1CCC2C3C(C)C(C)C4CC(C)CCC4(C)C3CC(C)C12C. The van der Waals surface area contributed by atoms with Gasteiger partial charge in [-0.15, -0.1) is 0 Å². The highest BCUT2D eigenvalue weighted by Crippen LogP contribution is 2.72. The van der Waals surface area contributed by atoms with Gasteiger partial charge in [-0.25, -0.2) is 0 Å². The highest BCUT2D eigenvalue weighted by atomic mass is 16.1. The highest BCUT2D eigenvalue weighted by Gasteiger charge is 2.65. The van der Waals surface area contributed by atoms with E-state index < -0.39 is 0 Å². The van der Waals surface area contributed by atoms with Gasteiger partial charge in [-0.1, -0.05) is 54.9 Å². The quantitative estimate of drug-likeness (QED) is 0.455. The van der Waals surface area contributed by atoms with Gasteiger partial charge in [-0.05, 0) is 115 Å². The Hall–Kier alpha value is -0.330. The average Bonchev–Trinajstić information content (AvgIpc) is 3.05. The third-order valence-corrected chi connectivity index (χ3v) is 12.2. The molecule has 0 amide bonds. The normalized spacial score (nSPS) is 54.1. The Balaban J connectivity index is 1.64. The van der Waals surface area contributed by atoms with E-state index in [1.807, 2.05) is 0 Å². The molecule has 0 heterocycles. The molecule has 12 atom stereocenters. The Labute approximate surface area is 187 Å². The Bertz CT molecular complexity index is 653. The smallest absolute Gasteiger partial charge is 0.129 e. The predicted octanol–water partition coefficient (Wildman–Crippen LogP) is 8.02. The maximum atomic E-state index is 11.6. The van der Waals surface area contributed by atoms with Crippen molar-refractivity contribution in [3.8, 4) is 0 Å². The van der Waals surface area contributed by atoms with Crippen LogP contribution in [0.25, 0.3) is 0 Å². The lowest BCUT2D eigenvalue weighted by Crippen LogP contribution is -2.60. The van der Waals surface area contributed by atoms with Gasteiger partial charge in [-0.3, -0.25) is 0 Å². The molecule has 0 bridgehead atoms. The highest BCUT2D eigenvalue weighted by molar-refractivity contribution is 5.75. The first-order valence-corrected chi connectivity index (χ1v) is 13.5. The van der Waals surface area contributed by atoms with Crippen molar-refractivity contribution in [1.29, 1.82) is 0 Å². The fourth-order valence-corrected chi connectivity index (χ4v) is 10.2. The van der Waals surface area contributed by atoms with Crippen LogP contribution in [0.1, 0.15) is 107 Å². The fourth-order valence-electron chi connectivity index (χ4n) is 10.2. The van der Waals surface area contributed by atoms with E-state index in [2.05, 4.69) is 48.5 Å². The lowest BCUT2D eigenvalue weighted by Gasteiger charge is -2.66. The van der Waals surface area contributed by atoms with Gasteiger partial charge in [0.05, 0.1) is 0 Å². The lowest BCUT2D eigenvalue weighted by molar-refractivity contribution is -0.183. The molecule has 0 aliphatic heterocycles. The molecule has 30 heavy (non-hydrogen) atoms. The van der Waals surface area contributed by atoms with Crippen molar-refractivity contribution in [3.05, 3.63) is 0 Å². The van der Waals surface area contributed by atoms with Gasteiger partial charge in [0.15, 0.2) is 0 Å². The number of hydrogen-bond donors (Lipinski definition) is 0. The summed E-state index contributed by atoms with van der Waals surface area (Å²) < 4.78 is 0. The third kappa shape index (κ3) is 3.26. The minimum Gasteiger partial charge on any atom is -0.300 e. The number of rotatable bonds is 4. The van der Waals surface area contributed by atoms with Crippen LogP contribution in [0, 0.1) is 70.0 Å². The predicted molar refractivity (Wildman–Crippen MR) is 127 cm³/mol. The van der Waals surface area contributed by atoms with Gasteiger partial charge in [0.25, 0.3) is 0 Å². The summed E-state index contributed by atoms with van der Waals surface area (Å²) in [5.41, 5.74) is 1.06. The second-order valence-electron chi connectivity index (χ2n) is 13.4. The van der Waals surface area contributed by atoms with Crippen molar-refractivity contribution in [1.82, 2.24) is 0 Å². The third-order valence-electron chi connectivity index (χ3n) is 12.2. The second-order valence-corrected chi connectivity index (χ2v) is 13.4. The number of carbonyl (C=O) groups is 1. The van der Waals surface area contributed by atoms with Gasteiger partial charge < -0.3 is 4.79 Å². The van der Waals surface area contributed by atoms with Crippen LogP contribution in [0.2, 0.25) is 0 Å². The van der Waals surface area contributed by atoms with E-state index in [-0.39, 0.29) is 0 Å². The summed E-state index contributed by atoms with van der Waals surface area (Å²) in [6, 6.07) is 0. The Morgan fingerprint density at radius 3 is 2.30 bits per heavy atom. The van der Waals surface area contributed by atoms with Crippen molar-refractivity contribution in [2.75, 3.05) is 0 Å². The zero-order valence-electron chi connectivity index (χ0n) is 21.3. The molecule has 4 rings (SSSR count). The van der Waals surface area contributed by atoms with E-state index in [0.29, 0.717) is 22.5 Å². The molecule has 0 aromatic heterocycles. The maximum absolute atomic E-state index is 11.6. The Morgan fingerprint density at radius 2 is 1.63 bits per heavy atom. The number of Topliss-reactive ketones (excluding diaryl/α,β-unsaturated/α-hetero) is 1. The second kappa shape index (κ2) is 7.91. The van der Waals surface area contributed by atoms with Gasteiger partial charge in [0.1, 0.15) is 5.78 Å². The van der Waals surface area contributed by atoms with Gasteiger partial charge in [-0.2, -0.15) is 0 Å². The van der Waals surface area contributed by atoms with E-state index in [1.54, 1.807) is 6.92 Å². The first kappa shape index (κ1) is 22.8. The van der Waals surface area contributed by atoms with E-state index in [4.69, 9.17) is 0 Å². The first-order chi connectivity index (χ1) is 14.0. The van der Waals surface area contributed by atoms with Crippen LogP contribution in [-0.2, 0) is 4.79 Å². The molecule has 12 unspecified atom stereocenters. The zero-order chi connectivity index (χ0) is 22.0.